The van der Waals surface area contributed by atoms with Gasteiger partial charge >= 0.3 is 0 Å². The summed E-state index contributed by atoms with van der Waals surface area (Å²) >= 11 is 0. The number of carbonyl (C=O) groups excluding carboxylic acids is 2. The molecule has 0 fully saturated rings. The third-order valence-electron chi connectivity index (χ3n) is 5.00. The van der Waals surface area contributed by atoms with Gasteiger partial charge in [0, 0.05) is 11.8 Å². The van der Waals surface area contributed by atoms with Gasteiger partial charge in [0.05, 0.1) is 0 Å². The monoisotopic (exact) mass is 378 g/mol. The number of aromatic nitrogens is 1. The molecule has 0 aliphatic heterocycles. The van der Waals surface area contributed by atoms with Crippen LogP contribution in [0.1, 0.15) is 42.9 Å². The second-order valence-electron chi connectivity index (χ2n) is 7.62. The second-order valence-corrected chi connectivity index (χ2v) is 7.62. The molecule has 5 nitrogen and oxygen atoms in total. The van der Waals surface area contributed by atoms with Gasteiger partial charge in [0.15, 0.2) is 5.58 Å². The number of fused-ring (bicyclic) bond motifs is 1. The van der Waals surface area contributed by atoms with E-state index in [0.717, 1.165) is 5.56 Å². The van der Waals surface area contributed by atoms with Crippen LogP contribution in [0, 0.1) is 17.8 Å². The molecular weight excluding hydrogens is 352 g/mol. The molecule has 2 N–H and O–H groups in total. The molecule has 0 saturated carbocycles. The van der Waals surface area contributed by atoms with Crippen LogP contribution in [0.3, 0.4) is 0 Å². The molecule has 146 valence electrons. The van der Waals surface area contributed by atoms with E-state index in [0.29, 0.717) is 30.4 Å². The average Bonchev–Trinajstić information content (AvgIpc) is 3.11. The summed E-state index contributed by atoms with van der Waals surface area (Å²) in [5.74, 6) is -1.52. The quantitative estimate of drug-likeness (QED) is 0.559. The molecule has 1 heterocycles. The Morgan fingerprint density at radius 3 is 2.32 bits per heavy atom. The molecule has 3 aromatic rings. The number of carbonyl (C=O) groups is 2. The smallest absolute Gasteiger partial charge is 0.264 e. The summed E-state index contributed by atoms with van der Waals surface area (Å²) in [5, 5.41) is 0. The van der Waals surface area contributed by atoms with Gasteiger partial charge in [-0.15, -0.1) is 0 Å². The van der Waals surface area contributed by atoms with Crippen molar-refractivity contribution in [3.05, 3.63) is 66.1 Å². The van der Waals surface area contributed by atoms with Gasteiger partial charge in [0.25, 0.3) is 5.89 Å². The van der Waals surface area contributed by atoms with Gasteiger partial charge in [-0.25, -0.2) is 4.98 Å². The predicted molar refractivity (Wildman–Crippen MR) is 109 cm³/mol. The Kier molecular flexibility index (Phi) is 6.24. The molecule has 2 aromatic carbocycles. The van der Waals surface area contributed by atoms with Crippen molar-refractivity contribution in [3.63, 3.8) is 0 Å². The fraction of sp³-hybridized carbons (Fsp3) is 0.348. The van der Waals surface area contributed by atoms with Crippen LogP contribution < -0.4 is 5.73 Å². The van der Waals surface area contributed by atoms with E-state index in [9.17, 15) is 9.59 Å². The number of aryl methyl sites for hydroxylation is 1. The average molecular weight is 378 g/mol. The maximum absolute atomic E-state index is 13.3. The maximum atomic E-state index is 13.3. The lowest BCUT2D eigenvalue weighted by Gasteiger charge is -2.24. The minimum Gasteiger partial charge on any atom is -0.434 e. The highest BCUT2D eigenvalue weighted by Gasteiger charge is 2.35. The SMILES string of the molecule is CC(C)CC(C(N)=O)[C@H](CCc1ccccc1)C(=O)c1nc2ccccc2o1. The van der Waals surface area contributed by atoms with Gasteiger partial charge in [-0.2, -0.15) is 0 Å². The van der Waals surface area contributed by atoms with Crippen molar-refractivity contribution in [3.8, 4) is 0 Å². The number of para-hydroxylation sites is 2. The van der Waals surface area contributed by atoms with E-state index in [-0.39, 0.29) is 17.6 Å². The Balaban J connectivity index is 1.90. The Labute approximate surface area is 164 Å². The van der Waals surface area contributed by atoms with Gasteiger partial charge in [-0.3, -0.25) is 9.59 Å². The Morgan fingerprint density at radius 2 is 1.68 bits per heavy atom. The van der Waals surface area contributed by atoms with Crippen molar-refractivity contribution >= 4 is 22.8 Å². The van der Waals surface area contributed by atoms with Crippen molar-refractivity contribution in [1.82, 2.24) is 4.98 Å². The van der Waals surface area contributed by atoms with Crippen LogP contribution in [-0.2, 0) is 11.2 Å². The summed E-state index contributed by atoms with van der Waals surface area (Å²) in [6.07, 6.45) is 1.75. The van der Waals surface area contributed by atoms with Gasteiger partial charge in [-0.1, -0.05) is 56.3 Å². The standard InChI is InChI=1S/C23H26N2O3/c1-15(2)14-18(22(24)27)17(13-12-16-8-4-3-5-9-16)21(26)23-25-19-10-6-7-11-20(19)28-23/h3-11,15,17-18H,12-14H2,1-2H3,(H2,24,27)/t17-,18?/m0/s1. The number of rotatable bonds is 9. The zero-order chi connectivity index (χ0) is 20.1. The van der Waals surface area contributed by atoms with Crippen LogP contribution in [0.15, 0.2) is 59.0 Å². The number of Topliss-reactive ketones (excluding diaryl/α,β-unsaturated/α-hetero) is 1. The van der Waals surface area contributed by atoms with E-state index in [1.54, 1.807) is 12.1 Å². The first kappa shape index (κ1) is 19.8. The molecule has 5 heteroatoms. The van der Waals surface area contributed by atoms with Crippen LogP contribution >= 0.6 is 0 Å². The number of primary amides is 1. The third-order valence-corrected chi connectivity index (χ3v) is 5.00. The molecule has 0 radical (unpaired) electrons. The van der Waals surface area contributed by atoms with Gasteiger partial charge in [0.1, 0.15) is 5.52 Å². The van der Waals surface area contributed by atoms with Crippen LogP contribution in [0.25, 0.3) is 11.1 Å². The summed E-state index contributed by atoms with van der Waals surface area (Å²) < 4.78 is 5.68. The zero-order valence-corrected chi connectivity index (χ0v) is 16.3. The molecule has 0 spiro atoms. The first-order valence-electron chi connectivity index (χ1n) is 9.68. The Bertz CT molecular complexity index is 914. The van der Waals surface area contributed by atoms with E-state index in [4.69, 9.17) is 10.2 Å². The van der Waals surface area contributed by atoms with Crippen molar-refractivity contribution in [2.75, 3.05) is 0 Å². The van der Waals surface area contributed by atoms with Gasteiger partial charge in [0.2, 0.25) is 11.7 Å². The van der Waals surface area contributed by atoms with E-state index in [2.05, 4.69) is 4.98 Å². The molecule has 1 aromatic heterocycles. The number of hydrogen-bond donors (Lipinski definition) is 1. The van der Waals surface area contributed by atoms with Gasteiger partial charge in [-0.05, 0) is 42.9 Å². The molecule has 1 unspecified atom stereocenters. The fourth-order valence-corrected chi connectivity index (χ4v) is 3.60. The first-order valence-corrected chi connectivity index (χ1v) is 9.68. The number of nitrogens with zero attached hydrogens (tertiary/aromatic N) is 1. The topological polar surface area (TPSA) is 86.2 Å². The van der Waals surface area contributed by atoms with E-state index >= 15 is 0 Å². The van der Waals surface area contributed by atoms with Crippen molar-refractivity contribution in [2.24, 2.45) is 23.5 Å². The molecule has 28 heavy (non-hydrogen) atoms. The van der Waals surface area contributed by atoms with E-state index < -0.39 is 17.7 Å². The van der Waals surface area contributed by atoms with E-state index in [1.165, 1.54) is 0 Å². The summed E-state index contributed by atoms with van der Waals surface area (Å²) in [7, 11) is 0. The lowest BCUT2D eigenvalue weighted by Crippen LogP contribution is -2.36. The molecule has 2 atom stereocenters. The minimum absolute atomic E-state index is 0.0502. The number of nitrogens with two attached hydrogens (primary N) is 1. The number of amides is 1. The Morgan fingerprint density at radius 1 is 1.00 bits per heavy atom. The predicted octanol–water partition coefficient (Wildman–Crippen LogP) is 4.41. The number of oxazole rings is 1. The summed E-state index contributed by atoms with van der Waals surface area (Å²) in [5.41, 5.74) is 8.01. The van der Waals surface area contributed by atoms with Crippen LogP contribution in [0.4, 0.5) is 0 Å². The summed E-state index contributed by atoms with van der Waals surface area (Å²) in [6.45, 7) is 4.04. The normalized spacial score (nSPS) is 13.5. The second kappa shape index (κ2) is 8.83. The largest absolute Gasteiger partial charge is 0.434 e. The number of ketones is 1. The highest BCUT2D eigenvalue weighted by molar-refractivity contribution is 5.98. The molecule has 0 saturated heterocycles. The lowest BCUT2D eigenvalue weighted by atomic mass is 9.79. The lowest BCUT2D eigenvalue weighted by molar-refractivity contribution is -0.123. The van der Waals surface area contributed by atoms with E-state index in [1.807, 2.05) is 56.3 Å². The van der Waals surface area contributed by atoms with Crippen LogP contribution in [0.2, 0.25) is 0 Å². The highest BCUT2D eigenvalue weighted by atomic mass is 16.4. The molecule has 3 rings (SSSR count). The van der Waals surface area contributed by atoms with Gasteiger partial charge < -0.3 is 10.2 Å². The number of benzene rings is 2. The fourth-order valence-electron chi connectivity index (χ4n) is 3.60. The summed E-state index contributed by atoms with van der Waals surface area (Å²) in [4.78, 5) is 29.9. The highest BCUT2D eigenvalue weighted by Crippen LogP contribution is 2.29. The zero-order valence-electron chi connectivity index (χ0n) is 16.3. The molecular formula is C23H26N2O3. The van der Waals surface area contributed by atoms with Crippen molar-refractivity contribution in [1.29, 1.82) is 0 Å². The third kappa shape index (κ3) is 4.66. The molecule has 1 amide bonds. The Hall–Kier alpha value is -2.95. The molecule has 0 bridgehead atoms. The minimum atomic E-state index is -0.562. The summed E-state index contributed by atoms with van der Waals surface area (Å²) in [6, 6.07) is 17.2. The maximum Gasteiger partial charge on any atom is 0.264 e. The van der Waals surface area contributed by atoms with Crippen LogP contribution in [0.5, 0.6) is 0 Å². The first-order chi connectivity index (χ1) is 13.5. The van der Waals surface area contributed by atoms with Crippen molar-refractivity contribution < 1.29 is 14.0 Å². The molecule has 0 aliphatic carbocycles. The molecule has 0 aliphatic rings. The van der Waals surface area contributed by atoms with Crippen molar-refractivity contribution in [2.45, 2.75) is 33.1 Å². The van der Waals surface area contributed by atoms with Crippen LogP contribution in [-0.4, -0.2) is 16.7 Å². The number of hydrogen-bond acceptors (Lipinski definition) is 4.